The van der Waals surface area contributed by atoms with Crippen molar-refractivity contribution in [3.05, 3.63) is 24.4 Å². The number of ether oxygens (including phenoxy) is 2. The number of carboxylic acids is 2. The van der Waals surface area contributed by atoms with Gasteiger partial charge < -0.3 is 25.0 Å². The van der Waals surface area contributed by atoms with Crippen molar-refractivity contribution in [1.29, 1.82) is 0 Å². The maximum Gasteiger partial charge on any atom is 0.326 e. The topological polar surface area (TPSA) is 118 Å². The molecule has 1 atom stereocenters. The summed E-state index contributed by atoms with van der Waals surface area (Å²) in [4.78, 5) is 26.2. The van der Waals surface area contributed by atoms with Crippen LogP contribution >= 0.6 is 0 Å². The third-order valence-corrected chi connectivity index (χ3v) is 3.54. The molecule has 0 saturated carbocycles. The van der Waals surface area contributed by atoms with Crippen molar-refractivity contribution in [3.63, 3.8) is 0 Å². The second kappa shape index (κ2) is 7.49. The second-order valence-electron chi connectivity index (χ2n) is 5.02. The van der Waals surface area contributed by atoms with Gasteiger partial charge in [-0.2, -0.15) is 0 Å². The number of fused-ring (bicyclic) bond motifs is 1. The van der Waals surface area contributed by atoms with Gasteiger partial charge in [0.25, 0.3) is 0 Å². The Hall–Kier alpha value is -3.03. The Bertz CT molecular complexity index is 762. The van der Waals surface area contributed by atoms with E-state index in [-0.39, 0.29) is 12.8 Å². The molecule has 24 heavy (non-hydrogen) atoms. The summed E-state index contributed by atoms with van der Waals surface area (Å²) >= 11 is 0. The van der Waals surface area contributed by atoms with Crippen LogP contribution in [0, 0.1) is 0 Å². The highest BCUT2D eigenvalue weighted by atomic mass is 16.5. The molecule has 128 valence electrons. The Morgan fingerprint density at radius 1 is 1.17 bits per heavy atom. The molecule has 0 radical (unpaired) electrons. The van der Waals surface area contributed by atoms with Gasteiger partial charge in [0.15, 0.2) is 11.5 Å². The van der Waals surface area contributed by atoms with Gasteiger partial charge in [-0.15, -0.1) is 0 Å². The molecule has 3 N–H and O–H groups in total. The number of aliphatic carboxylic acids is 2. The minimum absolute atomic E-state index is 0.0595. The largest absolute Gasteiger partial charge is 0.493 e. The molecule has 1 heterocycles. The zero-order chi connectivity index (χ0) is 17.7. The van der Waals surface area contributed by atoms with Crippen molar-refractivity contribution < 1.29 is 29.3 Å². The quantitative estimate of drug-likeness (QED) is 0.671. The number of anilines is 1. The number of nitrogens with zero attached hydrogens (tertiary/aromatic N) is 1. The van der Waals surface area contributed by atoms with Crippen molar-refractivity contribution >= 4 is 28.5 Å². The molecule has 0 aliphatic rings. The zero-order valence-corrected chi connectivity index (χ0v) is 13.3. The van der Waals surface area contributed by atoms with Gasteiger partial charge in [-0.1, -0.05) is 0 Å². The number of nitrogens with one attached hydrogen (secondary N) is 1. The Balaban J connectivity index is 2.41. The molecule has 0 aliphatic heterocycles. The maximum atomic E-state index is 11.3. The first-order chi connectivity index (χ1) is 11.5. The van der Waals surface area contributed by atoms with Gasteiger partial charge in [-0.25, -0.2) is 9.78 Å². The first-order valence-electron chi connectivity index (χ1n) is 7.18. The Morgan fingerprint density at radius 2 is 1.92 bits per heavy atom. The number of hydrogen-bond donors (Lipinski definition) is 3. The molecule has 0 aliphatic carbocycles. The summed E-state index contributed by atoms with van der Waals surface area (Å²) < 4.78 is 10.6. The van der Waals surface area contributed by atoms with E-state index >= 15 is 0 Å². The number of rotatable bonds is 8. The van der Waals surface area contributed by atoms with Crippen LogP contribution in [-0.2, 0) is 9.59 Å². The SMILES string of the molecule is COc1ccc2c(NC(CCC(=O)O)C(=O)O)nccc2c1OC. The molecule has 2 aromatic rings. The Morgan fingerprint density at radius 3 is 2.50 bits per heavy atom. The highest BCUT2D eigenvalue weighted by Gasteiger charge is 2.21. The second-order valence-corrected chi connectivity index (χ2v) is 5.02. The Labute approximate surface area is 138 Å². The molecule has 1 aromatic carbocycles. The molecule has 1 aromatic heterocycles. The normalized spacial score (nSPS) is 11.8. The van der Waals surface area contributed by atoms with E-state index < -0.39 is 18.0 Å². The van der Waals surface area contributed by atoms with Crippen LogP contribution in [0.25, 0.3) is 10.8 Å². The van der Waals surface area contributed by atoms with Crippen molar-refractivity contribution in [2.45, 2.75) is 18.9 Å². The van der Waals surface area contributed by atoms with Crippen LogP contribution in [0.4, 0.5) is 5.82 Å². The summed E-state index contributed by atoms with van der Waals surface area (Å²) in [6.07, 6.45) is 1.20. The maximum absolute atomic E-state index is 11.3. The van der Waals surface area contributed by atoms with Crippen molar-refractivity contribution in [3.8, 4) is 11.5 Å². The van der Waals surface area contributed by atoms with Crippen LogP contribution < -0.4 is 14.8 Å². The fourth-order valence-corrected chi connectivity index (χ4v) is 2.38. The average Bonchev–Trinajstić information content (AvgIpc) is 2.56. The van der Waals surface area contributed by atoms with E-state index in [2.05, 4.69) is 10.3 Å². The highest BCUT2D eigenvalue weighted by Crippen LogP contribution is 2.37. The van der Waals surface area contributed by atoms with Gasteiger partial charge in [-0.3, -0.25) is 4.79 Å². The fraction of sp³-hybridized carbons (Fsp3) is 0.312. The lowest BCUT2D eigenvalue weighted by atomic mass is 10.1. The first-order valence-corrected chi connectivity index (χ1v) is 7.18. The van der Waals surface area contributed by atoms with Crippen LogP contribution in [0.5, 0.6) is 11.5 Å². The molecule has 0 fully saturated rings. The number of pyridine rings is 1. The van der Waals surface area contributed by atoms with Crippen molar-refractivity contribution in [1.82, 2.24) is 4.98 Å². The lowest BCUT2D eigenvalue weighted by molar-refractivity contribution is -0.139. The summed E-state index contributed by atoms with van der Waals surface area (Å²) in [5, 5.41) is 22.2. The average molecular weight is 334 g/mol. The molecule has 0 bridgehead atoms. The van der Waals surface area contributed by atoms with Gasteiger partial charge in [0.2, 0.25) is 0 Å². The molecular formula is C16H18N2O6. The molecule has 8 nitrogen and oxygen atoms in total. The predicted molar refractivity (Wildman–Crippen MR) is 86.8 cm³/mol. The first kappa shape index (κ1) is 17.3. The minimum Gasteiger partial charge on any atom is -0.493 e. The van der Waals surface area contributed by atoms with E-state index in [1.807, 2.05) is 0 Å². The highest BCUT2D eigenvalue weighted by molar-refractivity contribution is 5.98. The third kappa shape index (κ3) is 3.65. The van der Waals surface area contributed by atoms with E-state index in [9.17, 15) is 14.7 Å². The molecule has 8 heteroatoms. The molecule has 0 saturated heterocycles. The van der Waals surface area contributed by atoms with E-state index in [1.165, 1.54) is 20.4 Å². The van der Waals surface area contributed by atoms with Gasteiger partial charge in [0.1, 0.15) is 11.9 Å². The molecule has 0 amide bonds. The molecular weight excluding hydrogens is 316 g/mol. The summed E-state index contributed by atoms with van der Waals surface area (Å²) in [6, 6.07) is 4.10. The summed E-state index contributed by atoms with van der Waals surface area (Å²) in [6.45, 7) is 0. The van der Waals surface area contributed by atoms with Gasteiger partial charge in [0, 0.05) is 23.4 Å². The summed E-state index contributed by atoms with van der Waals surface area (Å²) in [7, 11) is 3.04. The van der Waals surface area contributed by atoms with Crippen LogP contribution in [-0.4, -0.2) is 47.4 Å². The molecule has 1 unspecified atom stereocenters. The minimum atomic E-state index is -1.14. The molecule has 2 rings (SSSR count). The standard InChI is InChI=1S/C16H18N2O6/c1-23-12-5-3-10-9(14(12)24-2)7-8-17-15(10)18-11(16(21)22)4-6-13(19)20/h3,5,7-8,11H,4,6H2,1-2H3,(H,17,18)(H,19,20)(H,21,22). The molecule has 0 spiro atoms. The predicted octanol–water partition coefficient (Wildman–Crippen LogP) is 1.98. The summed E-state index contributed by atoms with van der Waals surface area (Å²) in [5.74, 6) is -0.803. The van der Waals surface area contributed by atoms with Crippen molar-refractivity contribution in [2.75, 3.05) is 19.5 Å². The number of carbonyl (C=O) groups is 2. The monoisotopic (exact) mass is 334 g/mol. The van der Waals surface area contributed by atoms with Gasteiger partial charge >= 0.3 is 11.9 Å². The van der Waals surface area contributed by atoms with E-state index in [0.29, 0.717) is 28.1 Å². The Kier molecular flexibility index (Phi) is 5.41. The van der Waals surface area contributed by atoms with Crippen LogP contribution in [0.3, 0.4) is 0 Å². The van der Waals surface area contributed by atoms with Crippen LogP contribution in [0.1, 0.15) is 12.8 Å². The van der Waals surface area contributed by atoms with Crippen LogP contribution in [0.2, 0.25) is 0 Å². The fourth-order valence-electron chi connectivity index (χ4n) is 2.38. The number of benzene rings is 1. The lowest BCUT2D eigenvalue weighted by Crippen LogP contribution is -2.30. The van der Waals surface area contributed by atoms with Crippen LogP contribution in [0.15, 0.2) is 24.4 Å². The van der Waals surface area contributed by atoms with E-state index in [4.69, 9.17) is 14.6 Å². The summed E-state index contributed by atoms with van der Waals surface area (Å²) in [5.41, 5.74) is 0. The number of hydrogen-bond acceptors (Lipinski definition) is 6. The third-order valence-electron chi connectivity index (χ3n) is 3.54. The van der Waals surface area contributed by atoms with E-state index in [1.54, 1.807) is 18.2 Å². The number of methoxy groups -OCH3 is 2. The van der Waals surface area contributed by atoms with E-state index in [0.717, 1.165) is 0 Å². The van der Waals surface area contributed by atoms with Gasteiger partial charge in [0.05, 0.1) is 14.2 Å². The van der Waals surface area contributed by atoms with Gasteiger partial charge in [-0.05, 0) is 24.6 Å². The lowest BCUT2D eigenvalue weighted by Gasteiger charge is -2.17. The number of carboxylic acid groups (broad SMARTS) is 2. The number of aromatic nitrogens is 1. The van der Waals surface area contributed by atoms with Crippen molar-refractivity contribution in [2.24, 2.45) is 0 Å². The smallest absolute Gasteiger partial charge is 0.326 e. The zero-order valence-electron chi connectivity index (χ0n) is 13.3.